The summed E-state index contributed by atoms with van der Waals surface area (Å²) in [5.41, 5.74) is -0.206. The molecule has 112 valence electrons. The molecule has 0 radical (unpaired) electrons. The van der Waals surface area contributed by atoms with Gasteiger partial charge in [-0.15, -0.1) is 0 Å². The standard InChI is InChI=1S/C12H15BrFNO4S/c1-6(2)7(3)19-12(16)8-4-9(14)11(13)10(5-8)20(15,17)18/h4-7H,1-3H3,(H2,15,17,18). The number of nitrogens with two attached hydrogens (primary N) is 1. The summed E-state index contributed by atoms with van der Waals surface area (Å²) in [4.78, 5) is 11.4. The molecular formula is C12H15BrFNO4S. The van der Waals surface area contributed by atoms with Crippen LogP contribution in [0.1, 0.15) is 31.1 Å². The molecule has 20 heavy (non-hydrogen) atoms. The van der Waals surface area contributed by atoms with Gasteiger partial charge in [-0.2, -0.15) is 0 Å². The van der Waals surface area contributed by atoms with Crippen LogP contribution in [0.15, 0.2) is 21.5 Å². The Morgan fingerprint density at radius 1 is 1.35 bits per heavy atom. The summed E-state index contributed by atoms with van der Waals surface area (Å²) in [5, 5.41) is 4.97. The second kappa shape index (κ2) is 6.19. The quantitative estimate of drug-likeness (QED) is 0.827. The zero-order valence-electron chi connectivity index (χ0n) is 11.2. The van der Waals surface area contributed by atoms with E-state index in [2.05, 4.69) is 15.9 Å². The largest absolute Gasteiger partial charge is 0.459 e. The van der Waals surface area contributed by atoms with Crippen LogP contribution in [-0.4, -0.2) is 20.5 Å². The van der Waals surface area contributed by atoms with E-state index in [4.69, 9.17) is 9.88 Å². The van der Waals surface area contributed by atoms with Crippen LogP contribution in [-0.2, 0) is 14.8 Å². The van der Waals surface area contributed by atoms with Gasteiger partial charge in [0.05, 0.1) is 14.9 Å². The summed E-state index contributed by atoms with van der Waals surface area (Å²) in [7, 11) is -4.15. The van der Waals surface area contributed by atoms with Crippen molar-refractivity contribution in [2.24, 2.45) is 11.1 Å². The highest BCUT2D eigenvalue weighted by molar-refractivity contribution is 9.10. The Bertz CT molecular complexity index is 631. The van der Waals surface area contributed by atoms with Crippen LogP contribution in [0.2, 0.25) is 0 Å². The van der Waals surface area contributed by atoms with E-state index in [1.54, 1.807) is 6.92 Å². The van der Waals surface area contributed by atoms with Crippen molar-refractivity contribution in [3.8, 4) is 0 Å². The van der Waals surface area contributed by atoms with Crippen molar-refractivity contribution in [3.05, 3.63) is 28.0 Å². The van der Waals surface area contributed by atoms with Gasteiger partial charge in [0.25, 0.3) is 0 Å². The molecule has 0 heterocycles. The fraction of sp³-hybridized carbons (Fsp3) is 0.417. The molecule has 0 fully saturated rings. The van der Waals surface area contributed by atoms with Gasteiger partial charge < -0.3 is 4.74 Å². The van der Waals surface area contributed by atoms with E-state index in [1.807, 2.05) is 13.8 Å². The Morgan fingerprint density at radius 3 is 2.35 bits per heavy atom. The number of sulfonamides is 1. The molecule has 0 aliphatic heterocycles. The number of hydrogen-bond acceptors (Lipinski definition) is 4. The van der Waals surface area contributed by atoms with E-state index in [0.717, 1.165) is 12.1 Å². The molecular weight excluding hydrogens is 353 g/mol. The lowest BCUT2D eigenvalue weighted by Gasteiger charge is -2.17. The maximum atomic E-state index is 13.7. The van der Waals surface area contributed by atoms with E-state index in [-0.39, 0.29) is 22.1 Å². The molecule has 0 aliphatic carbocycles. The van der Waals surface area contributed by atoms with E-state index >= 15 is 0 Å². The third-order valence-corrected chi connectivity index (χ3v) is 4.77. The average Bonchev–Trinajstić information content (AvgIpc) is 2.30. The van der Waals surface area contributed by atoms with Crippen molar-refractivity contribution in [1.29, 1.82) is 0 Å². The van der Waals surface area contributed by atoms with Gasteiger partial charge in [-0.3, -0.25) is 0 Å². The molecule has 2 N–H and O–H groups in total. The lowest BCUT2D eigenvalue weighted by Crippen LogP contribution is -2.21. The van der Waals surface area contributed by atoms with E-state index in [9.17, 15) is 17.6 Å². The number of ether oxygens (including phenoxy) is 1. The Kier molecular flexibility index (Phi) is 5.28. The summed E-state index contributed by atoms with van der Waals surface area (Å²) in [6, 6.07) is 1.88. The molecule has 1 aromatic rings. The number of esters is 1. The minimum Gasteiger partial charge on any atom is -0.459 e. The SMILES string of the molecule is CC(C)C(C)OC(=O)c1cc(F)c(Br)c(S(N)(=O)=O)c1. The van der Waals surface area contributed by atoms with Gasteiger partial charge >= 0.3 is 5.97 Å². The number of hydrogen-bond donors (Lipinski definition) is 1. The molecule has 1 rings (SSSR count). The first kappa shape index (κ1) is 17.1. The first-order valence-corrected chi connectivity index (χ1v) is 8.10. The molecule has 5 nitrogen and oxygen atoms in total. The minimum absolute atomic E-state index is 0.0805. The molecule has 0 saturated carbocycles. The zero-order valence-corrected chi connectivity index (χ0v) is 13.6. The number of rotatable bonds is 4. The van der Waals surface area contributed by atoms with Crippen LogP contribution >= 0.6 is 15.9 Å². The molecule has 0 bridgehead atoms. The summed E-state index contributed by atoms with van der Waals surface area (Å²) in [5.74, 6) is -1.62. The lowest BCUT2D eigenvalue weighted by molar-refractivity contribution is 0.0237. The Balaban J connectivity index is 3.21. The summed E-state index contributed by atoms with van der Waals surface area (Å²) < 4.78 is 41.1. The van der Waals surface area contributed by atoms with Crippen molar-refractivity contribution in [1.82, 2.24) is 0 Å². The highest BCUT2D eigenvalue weighted by atomic mass is 79.9. The number of carbonyl (C=O) groups excluding carboxylic acids is 1. The fourth-order valence-corrected chi connectivity index (χ4v) is 2.81. The minimum atomic E-state index is -4.15. The smallest absolute Gasteiger partial charge is 0.338 e. The maximum absolute atomic E-state index is 13.7. The fourth-order valence-electron chi connectivity index (χ4n) is 1.26. The second-order valence-corrected chi connectivity index (χ2v) is 6.99. The second-order valence-electron chi connectivity index (χ2n) is 4.67. The van der Waals surface area contributed by atoms with Gasteiger partial charge in [-0.1, -0.05) is 13.8 Å². The molecule has 0 aliphatic rings. The van der Waals surface area contributed by atoms with Gasteiger partial charge in [0.2, 0.25) is 10.0 Å². The number of primary sulfonamides is 1. The van der Waals surface area contributed by atoms with Gasteiger partial charge in [0, 0.05) is 0 Å². The molecule has 1 unspecified atom stereocenters. The summed E-state index contributed by atoms with van der Waals surface area (Å²) in [6.07, 6.45) is -0.382. The van der Waals surface area contributed by atoms with Crippen molar-refractivity contribution in [2.45, 2.75) is 31.8 Å². The van der Waals surface area contributed by atoms with Crippen molar-refractivity contribution < 1.29 is 22.3 Å². The van der Waals surface area contributed by atoms with Crippen LogP contribution in [0, 0.1) is 11.7 Å². The predicted molar refractivity (Wildman–Crippen MR) is 75.2 cm³/mol. The third kappa shape index (κ3) is 4.00. The average molecular weight is 368 g/mol. The highest BCUT2D eigenvalue weighted by Crippen LogP contribution is 2.26. The van der Waals surface area contributed by atoms with Crippen molar-refractivity contribution >= 4 is 31.9 Å². The van der Waals surface area contributed by atoms with Crippen molar-refractivity contribution in [3.63, 3.8) is 0 Å². The van der Waals surface area contributed by atoms with Gasteiger partial charge in [0.15, 0.2) is 0 Å². The lowest BCUT2D eigenvalue weighted by atomic mass is 10.1. The number of halogens is 2. The van der Waals surface area contributed by atoms with Crippen LogP contribution in [0.5, 0.6) is 0 Å². The van der Waals surface area contributed by atoms with Crippen LogP contribution in [0.3, 0.4) is 0 Å². The Hall–Kier alpha value is -0.990. The Labute approximate surface area is 125 Å². The molecule has 0 amide bonds. The summed E-state index contributed by atoms with van der Waals surface area (Å²) in [6.45, 7) is 5.41. The van der Waals surface area contributed by atoms with E-state index in [1.165, 1.54) is 0 Å². The monoisotopic (exact) mass is 367 g/mol. The van der Waals surface area contributed by atoms with E-state index in [0.29, 0.717) is 0 Å². The normalized spacial score (nSPS) is 13.3. The van der Waals surface area contributed by atoms with Crippen LogP contribution in [0.25, 0.3) is 0 Å². The first-order valence-electron chi connectivity index (χ1n) is 5.77. The summed E-state index contributed by atoms with van der Waals surface area (Å²) >= 11 is 2.79. The van der Waals surface area contributed by atoms with Gasteiger partial charge in [0.1, 0.15) is 11.9 Å². The molecule has 8 heteroatoms. The number of carbonyl (C=O) groups is 1. The van der Waals surface area contributed by atoms with Gasteiger partial charge in [-0.25, -0.2) is 22.7 Å². The highest BCUT2D eigenvalue weighted by Gasteiger charge is 2.22. The van der Waals surface area contributed by atoms with Gasteiger partial charge in [-0.05, 0) is 40.9 Å². The Morgan fingerprint density at radius 2 is 1.90 bits per heavy atom. The van der Waals surface area contributed by atoms with E-state index < -0.39 is 26.7 Å². The molecule has 0 aromatic heterocycles. The molecule has 0 spiro atoms. The van der Waals surface area contributed by atoms with Crippen LogP contribution in [0.4, 0.5) is 4.39 Å². The first-order chi connectivity index (χ1) is 9.04. The third-order valence-electron chi connectivity index (χ3n) is 2.77. The topological polar surface area (TPSA) is 86.5 Å². The molecule has 0 saturated heterocycles. The maximum Gasteiger partial charge on any atom is 0.338 e. The molecule has 1 aromatic carbocycles. The number of benzene rings is 1. The zero-order chi connectivity index (χ0) is 15.7. The van der Waals surface area contributed by atoms with Crippen molar-refractivity contribution in [2.75, 3.05) is 0 Å². The molecule has 1 atom stereocenters. The van der Waals surface area contributed by atoms with Crippen LogP contribution < -0.4 is 5.14 Å². The predicted octanol–water partition coefficient (Wildman–Crippen LogP) is 2.44.